The van der Waals surface area contributed by atoms with Gasteiger partial charge in [0.15, 0.2) is 0 Å². The molecule has 3 heterocycles. The number of fused-ring (bicyclic) bond motifs is 7. The van der Waals surface area contributed by atoms with Gasteiger partial charge in [0, 0.05) is 10.6 Å². The highest BCUT2D eigenvalue weighted by Gasteiger charge is 2.59. The lowest BCUT2D eigenvalue weighted by atomic mass is 9.99. The van der Waals surface area contributed by atoms with Gasteiger partial charge >= 0.3 is 28.7 Å². The fourth-order valence-corrected chi connectivity index (χ4v) is 8.50. The van der Waals surface area contributed by atoms with E-state index in [2.05, 4.69) is 0 Å². The van der Waals surface area contributed by atoms with Crippen LogP contribution in [0.2, 0.25) is 0 Å². The monoisotopic (exact) mass is 816 g/mol. The van der Waals surface area contributed by atoms with E-state index >= 15 is 8.96 Å². The standard InChI is InChI=1S/C52H34F2N4O4/c53-58(54)56-45-29-41-17-9-7-15-39(41)27-43(45)47(35-19-23-37(24-20-35)51(59)61-31-33-11-3-1-4-12-33)49(56)55-50-48(44-28-40-16-8-10-18-42(40)30-46(44)57(50)58)36-21-25-38(26-22-36)52(60)62-32-34-13-5-2-6-14-34/h1-30H,31-32H2/q+2. The maximum Gasteiger partial charge on any atom is 0.394 e. The molecule has 0 bridgehead atoms. The van der Waals surface area contributed by atoms with Crippen LogP contribution in [0.3, 0.4) is 0 Å². The van der Waals surface area contributed by atoms with Gasteiger partial charge in [-0.3, -0.25) is 0 Å². The maximum atomic E-state index is 18.0. The van der Waals surface area contributed by atoms with E-state index in [4.69, 9.17) is 14.5 Å². The molecule has 1 aromatic heterocycles. The van der Waals surface area contributed by atoms with Crippen LogP contribution in [0.5, 0.6) is 0 Å². The number of amidine groups is 1. The lowest BCUT2D eigenvalue weighted by Crippen LogP contribution is -2.61. The molecule has 0 atom stereocenters. The molecule has 298 valence electrons. The van der Waals surface area contributed by atoms with Crippen LogP contribution >= 0.6 is 0 Å². The number of esters is 2. The van der Waals surface area contributed by atoms with E-state index in [1.54, 1.807) is 60.7 Å². The minimum Gasteiger partial charge on any atom is -0.457 e. The molecule has 0 spiro atoms. The van der Waals surface area contributed by atoms with Crippen molar-refractivity contribution in [2.75, 3.05) is 0 Å². The molecule has 0 saturated heterocycles. The van der Waals surface area contributed by atoms with E-state index in [9.17, 15) is 9.59 Å². The van der Waals surface area contributed by atoms with Gasteiger partial charge in [0.05, 0.1) is 26.9 Å². The summed E-state index contributed by atoms with van der Waals surface area (Å²) in [4.78, 5) is 31.5. The third kappa shape index (κ3) is 6.15. The second-order valence-corrected chi connectivity index (χ2v) is 15.3. The molecule has 0 fully saturated rings. The number of halogens is 2. The average Bonchev–Trinajstić information content (AvgIpc) is 3.81. The quantitative estimate of drug-likeness (QED) is 0.0870. The Hall–Kier alpha value is -8.08. The molecule has 9 aromatic rings. The highest BCUT2D eigenvalue weighted by molar-refractivity contribution is 6.26. The molecule has 8 nitrogen and oxygen atoms in total. The molecule has 62 heavy (non-hydrogen) atoms. The van der Waals surface area contributed by atoms with Crippen molar-refractivity contribution in [2.45, 2.75) is 13.2 Å². The normalized spacial score (nSPS) is 13.7. The van der Waals surface area contributed by atoms with Gasteiger partial charge in [-0.2, -0.15) is 0 Å². The summed E-state index contributed by atoms with van der Waals surface area (Å²) in [6.45, 7) is 0.232. The fourth-order valence-electron chi connectivity index (χ4n) is 8.50. The minimum atomic E-state index is -2.72. The summed E-state index contributed by atoms with van der Waals surface area (Å²) < 4.78 is 49.1. The van der Waals surface area contributed by atoms with Gasteiger partial charge in [-0.25, -0.2) is 9.59 Å². The number of quaternary nitrogens is 1. The average molecular weight is 817 g/mol. The number of carbonyl (C=O) groups excluding carboxylic acids is 2. The first-order valence-electron chi connectivity index (χ1n) is 20.1. The molecule has 0 unspecified atom stereocenters. The van der Waals surface area contributed by atoms with Crippen LogP contribution in [-0.4, -0.2) is 22.5 Å². The largest absolute Gasteiger partial charge is 0.457 e. The SMILES string of the molecule is O=C(OCc1ccccc1)c1ccc(C2=c3cc4ccccc4cc3=[N+]3C2=Nc2c(-c4ccc(C(=O)OCc5ccccc5)cc4)c4cc5ccccc5cc4n2[N+]3(F)F)cc1. The first kappa shape index (κ1) is 37.0. The molecule has 0 amide bonds. The topological polar surface area (TPSA) is 72.9 Å². The highest BCUT2D eigenvalue weighted by atomic mass is 19.4. The molecule has 0 radical (unpaired) electrons. The molecule has 8 aromatic carbocycles. The van der Waals surface area contributed by atoms with Crippen molar-refractivity contribution in [1.29, 1.82) is 0 Å². The molecule has 10 heteroatoms. The molecule has 0 aliphatic carbocycles. The van der Waals surface area contributed by atoms with E-state index in [1.165, 1.54) is 0 Å². The first-order chi connectivity index (χ1) is 30.3. The Morgan fingerprint density at radius 2 is 1.05 bits per heavy atom. The summed E-state index contributed by atoms with van der Waals surface area (Å²) >= 11 is 0. The van der Waals surface area contributed by atoms with Crippen LogP contribution in [0.25, 0.3) is 49.1 Å². The predicted octanol–water partition coefficient (Wildman–Crippen LogP) is 9.90. The zero-order chi connectivity index (χ0) is 42.0. The van der Waals surface area contributed by atoms with Gasteiger partial charge < -0.3 is 9.47 Å². The number of hydrogen-bond acceptors (Lipinski definition) is 5. The van der Waals surface area contributed by atoms with Gasteiger partial charge in [0.1, 0.15) is 27.7 Å². The number of ether oxygens (including phenoxy) is 2. The molecule has 11 rings (SSSR count). The Morgan fingerprint density at radius 1 is 0.565 bits per heavy atom. The molecule has 2 aliphatic heterocycles. The van der Waals surface area contributed by atoms with E-state index < -0.39 is 17.1 Å². The van der Waals surface area contributed by atoms with Crippen molar-refractivity contribution in [1.82, 2.24) is 14.5 Å². The number of nitrogens with zero attached hydrogens (tertiary/aromatic N) is 4. The Bertz CT molecular complexity index is 3460. The van der Waals surface area contributed by atoms with Crippen LogP contribution in [0.4, 0.5) is 14.8 Å². The van der Waals surface area contributed by atoms with Gasteiger partial charge in [0.2, 0.25) is 5.36 Å². The van der Waals surface area contributed by atoms with E-state index in [0.29, 0.717) is 44.0 Å². The van der Waals surface area contributed by atoms with Crippen LogP contribution in [-0.2, 0) is 22.7 Å². The van der Waals surface area contributed by atoms with Crippen molar-refractivity contribution < 1.29 is 28.0 Å². The Kier molecular flexibility index (Phi) is 8.69. The van der Waals surface area contributed by atoms with Crippen molar-refractivity contribution in [3.63, 3.8) is 0 Å². The zero-order valence-electron chi connectivity index (χ0n) is 32.9. The van der Waals surface area contributed by atoms with E-state index in [1.807, 2.05) is 121 Å². The van der Waals surface area contributed by atoms with Crippen LogP contribution in [0.1, 0.15) is 37.4 Å². The number of rotatable bonds is 8. The molecular weight excluding hydrogens is 783 g/mol. The highest BCUT2D eigenvalue weighted by Crippen LogP contribution is 2.46. The Labute approximate surface area is 352 Å². The first-order valence-corrected chi connectivity index (χ1v) is 20.1. The number of carbonyl (C=O) groups is 2. The molecule has 0 saturated carbocycles. The van der Waals surface area contributed by atoms with Gasteiger partial charge in [-0.1, -0.05) is 133 Å². The summed E-state index contributed by atoms with van der Waals surface area (Å²) in [5, 5.41) is 2.04. The molecule has 2 aliphatic rings. The number of benzene rings is 8. The smallest absolute Gasteiger partial charge is 0.394 e. The third-order valence-electron chi connectivity index (χ3n) is 11.5. The second kappa shape index (κ2) is 14.6. The summed E-state index contributed by atoms with van der Waals surface area (Å²) in [6.07, 6.45) is 0. The summed E-state index contributed by atoms with van der Waals surface area (Å²) in [5.41, 5.74) is 4.81. The summed E-state index contributed by atoms with van der Waals surface area (Å²) in [5.74, 6) is -0.913. The molecular formula is C52H34F2N4O4+2. The summed E-state index contributed by atoms with van der Waals surface area (Å²) in [6, 6.07) is 55.1. The van der Waals surface area contributed by atoms with Crippen LogP contribution in [0.15, 0.2) is 187 Å². The zero-order valence-corrected chi connectivity index (χ0v) is 32.9. The number of aliphatic imine (C=N–C) groups is 1. The Morgan fingerprint density at radius 3 is 1.61 bits per heavy atom. The lowest BCUT2D eigenvalue weighted by Gasteiger charge is -2.17. The van der Waals surface area contributed by atoms with E-state index in [0.717, 1.165) is 42.0 Å². The van der Waals surface area contributed by atoms with Crippen molar-refractivity contribution >= 4 is 61.6 Å². The van der Waals surface area contributed by atoms with Crippen molar-refractivity contribution in [2.24, 2.45) is 4.99 Å². The van der Waals surface area contributed by atoms with Gasteiger partial charge in [-0.15, -0.1) is 0 Å². The van der Waals surface area contributed by atoms with Crippen LogP contribution < -0.4 is 20.4 Å². The van der Waals surface area contributed by atoms with Crippen molar-refractivity contribution in [3.05, 3.63) is 220 Å². The minimum absolute atomic E-state index is 0.0435. The second-order valence-electron chi connectivity index (χ2n) is 15.3. The third-order valence-corrected chi connectivity index (χ3v) is 11.5. The maximum absolute atomic E-state index is 18.0. The number of hydrogen-bond donors (Lipinski definition) is 0. The fraction of sp³-hybridized carbons (Fsp3) is 0.0385. The van der Waals surface area contributed by atoms with Crippen LogP contribution in [0, 0.1) is 0 Å². The number of aromatic nitrogens is 1. The summed E-state index contributed by atoms with van der Waals surface area (Å²) in [7, 11) is 0. The molecule has 0 N–H and O–H groups in total. The van der Waals surface area contributed by atoms with Crippen molar-refractivity contribution in [3.8, 4) is 11.1 Å². The van der Waals surface area contributed by atoms with Gasteiger partial charge in [-0.05, 0) is 102 Å². The Balaban J connectivity index is 1.08. The predicted molar refractivity (Wildman–Crippen MR) is 236 cm³/mol. The van der Waals surface area contributed by atoms with Gasteiger partial charge in [0.25, 0.3) is 0 Å². The van der Waals surface area contributed by atoms with E-state index in [-0.39, 0.29) is 35.7 Å². The lowest BCUT2D eigenvalue weighted by molar-refractivity contribution is -0.273.